The lowest BCUT2D eigenvalue weighted by molar-refractivity contribution is -0.139. The van der Waals surface area contributed by atoms with Crippen molar-refractivity contribution in [2.75, 3.05) is 32.8 Å². The number of fused-ring (bicyclic) bond motifs is 6. The highest BCUT2D eigenvalue weighted by Gasteiger charge is 2.38. The Morgan fingerprint density at radius 3 is 2.37 bits per heavy atom. The Morgan fingerprint density at radius 2 is 1.72 bits per heavy atom. The molecule has 4 aromatic rings. The zero-order valence-electron chi connectivity index (χ0n) is 29.1. The van der Waals surface area contributed by atoms with Crippen molar-refractivity contribution in [3.8, 4) is 22.6 Å². The summed E-state index contributed by atoms with van der Waals surface area (Å²) in [6.07, 6.45) is -6.44. The lowest BCUT2D eigenvalue weighted by Crippen LogP contribution is -2.49. The monoisotopic (exact) mass is 755 g/mol. The Hall–Kier alpha value is -5.15. The lowest BCUT2D eigenvalue weighted by Gasteiger charge is -2.34. The van der Waals surface area contributed by atoms with Crippen LogP contribution in [0.5, 0.6) is 11.5 Å². The molecule has 3 aliphatic rings. The number of likely N-dealkylation sites (tertiary alicyclic amines) is 1. The van der Waals surface area contributed by atoms with Crippen LogP contribution in [0.1, 0.15) is 63.4 Å². The SMILES string of the molecule is Cc1cc2cc(c1F)[C@H](CC(=O)O)NC(=O)[C@@H](n1cc(CCN3CC(F)C3)c(C(F)(F)F)cc1=O)c1cc(ccc1F)Oc1cc(C3COC3)cc(C)c1-2. The quantitative estimate of drug-likeness (QED) is 0.201. The van der Waals surface area contributed by atoms with E-state index < -0.39 is 76.6 Å². The standard InChI is InChI=1S/C39H35F6N3O6/c1-19-7-22(24-17-53-18-24)10-32-35(19)23-8-20(2)36(42)28(9-23)31(13-34(50)51)46-38(52)37(27-11-26(54-32)3-4-30(27)41)48-14-21(5-6-47-15-25(40)16-47)29(12-33(48)49)39(43,44)45/h3-4,7-12,14,24-25,31,37H,5-6,13,15-18H2,1-2H3,(H,46,52)(H,50,51)/t31-,37-/m0/s1. The maximum atomic E-state index is 16.1. The molecule has 1 aromatic heterocycles. The van der Waals surface area contributed by atoms with Gasteiger partial charge in [0.15, 0.2) is 0 Å². The van der Waals surface area contributed by atoms with Crippen molar-refractivity contribution in [1.29, 1.82) is 0 Å². The molecule has 2 fully saturated rings. The van der Waals surface area contributed by atoms with E-state index >= 15 is 8.78 Å². The average molecular weight is 756 g/mol. The first-order valence-corrected chi connectivity index (χ1v) is 17.3. The van der Waals surface area contributed by atoms with Gasteiger partial charge in [0.05, 0.1) is 31.2 Å². The summed E-state index contributed by atoms with van der Waals surface area (Å²) in [5.74, 6) is -4.17. The lowest BCUT2D eigenvalue weighted by atomic mass is 9.88. The third-order valence-corrected chi connectivity index (χ3v) is 10.2. The molecule has 0 saturated carbocycles. The normalized spacial score (nSPS) is 19.3. The molecule has 15 heteroatoms. The molecule has 0 aliphatic carbocycles. The number of carboxylic acids is 1. The second-order valence-corrected chi connectivity index (χ2v) is 14.1. The van der Waals surface area contributed by atoms with Crippen LogP contribution in [0.25, 0.3) is 11.1 Å². The molecule has 54 heavy (non-hydrogen) atoms. The highest BCUT2D eigenvalue weighted by molar-refractivity contribution is 5.85. The van der Waals surface area contributed by atoms with E-state index in [1.54, 1.807) is 17.0 Å². The number of hydrogen-bond donors (Lipinski definition) is 2. The predicted octanol–water partition coefficient (Wildman–Crippen LogP) is 6.77. The van der Waals surface area contributed by atoms with Crippen LogP contribution in [0.15, 0.2) is 59.5 Å². The van der Waals surface area contributed by atoms with Gasteiger partial charge in [-0.1, -0.05) is 6.07 Å². The first-order valence-electron chi connectivity index (χ1n) is 17.3. The van der Waals surface area contributed by atoms with E-state index in [9.17, 15) is 37.1 Å². The Bertz CT molecular complexity index is 2210. The second kappa shape index (κ2) is 14.3. The number of aryl methyl sites for hydroxylation is 2. The Morgan fingerprint density at radius 1 is 0.981 bits per heavy atom. The van der Waals surface area contributed by atoms with Crippen LogP contribution in [0, 0.1) is 25.5 Å². The van der Waals surface area contributed by atoms with E-state index in [1.807, 2.05) is 13.0 Å². The van der Waals surface area contributed by atoms with E-state index in [4.69, 9.17) is 9.47 Å². The summed E-state index contributed by atoms with van der Waals surface area (Å²) in [6, 6.07) is 6.75. The van der Waals surface area contributed by atoms with Gasteiger partial charge in [-0.2, -0.15) is 13.2 Å². The predicted molar refractivity (Wildman–Crippen MR) is 183 cm³/mol. The summed E-state index contributed by atoms with van der Waals surface area (Å²) in [5, 5.41) is 12.4. The number of amides is 1. The first-order chi connectivity index (χ1) is 25.6. The van der Waals surface area contributed by atoms with Crippen molar-refractivity contribution in [3.05, 3.63) is 116 Å². The zero-order chi connectivity index (χ0) is 38.6. The minimum absolute atomic E-state index is 0.000294. The smallest absolute Gasteiger partial charge is 0.416 e. The van der Waals surface area contributed by atoms with Crippen molar-refractivity contribution in [2.45, 2.75) is 57.0 Å². The topological polar surface area (TPSA) is 110 Å². The zero-order valence-corrected chi connectivity index (χ0v) is 29.1. The third-order valence-electron chi connectivity index (χ3n) is 10.2. The molecule has 4 bridgehead atoms. The number of benzene rings is 3. The van der Waals surface area contributed by atoms with Crippen molar-refractivity contribution in [3.63, 3.8) is 0 Å². The Kier molecular flexibility index (Phi) is 9.81. The number of halogens is 6. The number of nitrogens with zero attached hydrogens (tertiary/aromatic N) is 2. The molecule has 0 unspecified atom stereocenters. The number of carbonyl (C=O) groups excluding carboxylic acids is 1. The largest absolute Gasteiger partial charge is 0.481 e. The van der Waals surface area contributed by atoms with E-state index in [2.05, 4.69) is 5.32 Å². The molecule has 3 aliphatic heterocycles. The fraction of sp³-hybridized carbons (Fsp3) is 0.359. The molecule has 4 heterocycles. The third kappa shape index (κ3) is 7.21. The number of aromatic nitrogens is 1. The number of carbonyl (C=O) groups is 2. The van der Waals surface area contributed by atoms with Gasteiger partial charge in [0.25, 0.3) is 5.56 Å². The Balaban J connectivity index is 1.45. The van der Waals surface area contributed by atoms with Gasteiger partial charge in [-0.25, -0.2) is 13.2 Å². The number of aliphatic carboxylic acids is 1. The number of rotatable bonds is 7. The van der Waals surface area contributed by atoms with Gasteiger partial charge in [0.2, 0.25) is 5.91 Å². The maximum absolute atomic E-state index is 16.1. The van der Waals surface area contributed by atoms with Crippen molar-refractivity contribution < 1.29 is 50.5 Å². The summed E-state index contributed by atoms with van der Waals surface area (Å²) < 4.78 is 101. The molecule has 7 rings (SSSR count). The van der Waals surface area contributed by atoms with Crippen LogP contribution >= 0.6 is 0 Å². The molecule has 284 valence electrons. The van der Waals surface area contributed by atoms with Gasteiger partial charge in [-0.15, -0.1) is 0 Å². The van der Waals surface area contributed by atoms with Crippen molar-refractivity contribution in [1.82, 2.24) is 14.8 Å². The molecular formula is C39H35F6N3O6. The minimum Gasteiger partial charge on any atom is -0.481 e. The molecule has 3 aromatic carbocycles. The van der Waals surface area contributed by atoms with Gasteiger partial charge in [0.1, 0.15) is 35.3 Å². The van der Waals surface area contributed by atoms with Crippen LogP contribution in [0.4, 0.5) is 26.3 Å². The van der Waals surface area contributed by atoms with Crippen LogP contribution in [0.3, 0.4) is 0 Å². The highest BCUT2D eigenvalue weighted by atomic mass is 19.4. The second-order valence-electron chi connectivity index (χ2n) is 14.1. The number of pyridine rings is 1. The minimum atomic E-state index is -4.99. The van der Waals surface area contributed by atoms with Gasteiger partial charge >= 0.3 is 12.1 Å². The number of alkyl halides is 4. The average Bonchev–Trinajstić information content (AvgIpc) is 3.04. The summed E-state index contributed by atoms with van der Waals surface area (Å²) >= 11 is 0. The van der Waals surface area contributed by atoms with Crippen LogP contribution in [-0.2, 0) is 26.9 Å². The fourth-order valence-electron chi connectivity index (χ4n) is 7.32. The number of carboxylic acid groups (broad SMARTS) is 1. The van der Waals surface area contributed by atoms with Crippen molar-refractivity contribution >= 4 is 11.9 Å². The van der Waals surface area contributed by atoms with Crippen molar-refractivity contribution in [2.24, 2.45) is 0 Å². The van der Waals surface area contributed by atoms with Crippen LogP contribution in [0.2, 0.25) is 0 Å². The van der Waals surface area contributed by atoms with E-state index in [0.29, 0.717) is 40.5 Å². The van der Waals surface area contributed by atoms with Crippen LogP contribution in [-0.4, -0.2) is 65.5 Å². The van der Waals surface area contributed by atoms with Gasteiger partial charge in [0, 0.05) is 54.5 Å². The number of hydrogen-bond acceptors (Lipinski definition) is 6. The Labute approximate surface area is 305 Å². The molecule has 9 nitrogen and oxygen atoms in total. The number of ether oxygens (including phenoxy) is 2. The van der Waals surface area contributed by atoms with Gasteiger partial charge < -0.3 is 19.9 Å². The molecule has 0 radical (unpaired) electrons. The molecule has 2 atom stereocenters. The molecule has 1 amide bonds. The highest BCUT2D eigenvalue weighted by Crippen LogP contribution is 2.43. The fourth-order valence-corrected chi connectivity index (χ4v) is 7.32. The molecule has 0 spiro atoms. The molecule has 2 saturated heterocycles. The molecular weight excluding hydrogens is 720 g/mol. The van der Waals surface area contributed by atoms with Crippen LogP contribution < -0.4 is 15.6 Å². The van der Waals surface area contributed by atoms with Gasteiger partial charge in [-0.05, 0) is 84.5 Å². The molecule has 2 N–H and O–H groups in total. The van der Waals surface area contributed by atoms with E-state index in [0.717, 1.165) is 23.9 Å². The summed E-state index contributed by atoms with van der Waals surface area (Å²) in [7, 11) is 0. The van der Waals surface area contributed by atoms with E-state index in [1.165, 1.54) is 19.1 Å². The maximum Gasteiger partial charge on any atom is 0.416 e. The van der Waals surface area contributed by atoms with Gasteiger partial charge in [-0.3, -0.25) is 23.9 Å². The van der Waals surface area contributed by atoms with E-state index in [-0.39, 0.29) is 54.6 Å². The summed E-state index contributed by atoms with van der Waals surface area (Å²) in [6.45, 7) is 4.24. The first kappa shape index (κ1) is 37.2. The summed E-state index contributed by atoms with van der Waals surface area (Å²) in [4.78, 5) is 41.8. The number of nitrogens with one attached hydrogen (secondary N) is 1. The summed E-state index contributed by atoms with van der Waals surface area (Å²) in [5.41, 5.74) is -1.10.